The van der Waals surface area contributed by atoms with Crippen LogP contribution in [0.15, 0.2) is 73.3 Å². The van der Waals surface area contributed by atoms with Crippen molar-refractivity contribution in [3.63, 3.8) is 0 Å². The molecule has 0 bridgehead atoms. The number of hydrogen-bond donors (Lipinski definition) is 1. The third kappa shape index (κ3) is 4.09. The van der Waals surface area contributed by atoms with Crippen molar-refractivity contribution in [2.24, 2.45) is 7.05 Å². The Morgan fingerprint density at radius 3 is 2.27 bits per heavy atom. The lowest BCUT2D eigenvalue weighted by Crippen LogP contribution is -2.09. The van der Waals surface area contributed by atoms with Crippen LogP contribution in [-0.2, 0) is 7.05 Å². The summed E-state index contributed by atoms with van der Waals surface area (Å²) in [7, 11) is 1.88. The second-order valence-electron chi connectivity index (χ2n) is 8.43. The molecule has 0 spiro atoms. The van der Waals surface area contributed by atoms with Gasteiger partial charge in [-0.05, 0) is 61.4 Å². The number of anilines is 1. The summed E-state index contributed by atoms with van der Waals surface area (Å²) in [5.41, 5.74) is 6.62. The number of hydrogen-bond acceptors (Lipinski definition) is 3. The fraction of sp³-hybridized carbons (Fsp3) is 0.154. The number of aryl methyl sites for hydroxylation is 1. The van der Waals surface area contributed by atoms with Crippen molar-refractivity contribution < 1.29 is 8.78 Å². The van der Waals surface area contributed by atoms with Gasteiger partial charge in [-0.15, -0.1) is 0 Å². The first-order valence-corrected chi connectivity index (χ1v) is 10.7. The van der Waals surface area contributed by atoms with E-state index in [1.807, 2.05) is 80.5 Å². The van der Waals surface area contributed by atoms with Gasteiger partial charge in [0.2, 0.25) is 0 Å². The Morgan fingerprint density at radius 2 is 1.58 bits per heavy atom. The first-order chi connectivity index (χ1) is 15.9. The molecule has 3 aromatic heterocycles. The SMILES string of the molecule is CC(C)Nc1cc(-c2ccc(F)cc2F)cc(-c2cnn3cc(-c4cnn(C)c4)ccc23)c1. The monoisotopic (exact) mass is 443 g/mol. The topological polar surface area (TPSA) is 47.1 Å². The average Bonchev–Trinajstić information content (AvgIpc) is 3.38. The third-order valence-corrected chi connectivity index (χ3v) is 5.50. The number of rotatable bonds is 5. The molecule has 0 radical (unpaired) electrons. The summed E-state index contributed by atoms with van der Waals surface area (Å²) in [6, 6.07) is 13.7. The van der Waals surface area contributed by atoms with Crippen LogP contribution >= 0.6 is 0 Å². The van der Waals surface area contributed by atoms with Crippen molar-refractivity contribution >= 4 is 11.2 Å². The lowest BCUT2D eigenvalue weighted by molar-refractivity contribution is 0.585. The zero-order chi connectivity index (χ0) is 23.1. The van der Waals surface area contributed by atoms with Crippen LogP contribution in [0.5, 0.6) is 0 Å². The molecule has 33 heavy (non-hydrogen) atoms. The Bertz CT molecular complexity index is 1470. The van der Waals surface area contributed by atoms with Crippen molar-refractivity contribution in [2.45, 2.75) is 19.9 Å². The molecule has 0 atom stereocenters. The molecule has 1 N–H and O–H groups in total. The van der Waals surface area contributed by atoms with Gasteiger partial charge in [-0.2, -0.15) is 10.2 Å². The van der Waals surface area contributed by atoms with Gasteiger partial charge < -0.3 is 5.32 Å². The van der Waals surface area contributed by atoms with Crippen LogP contribution in [0.1, 0.15) is 13.8 Å². The number of nitrogens with one attached hydrogen (secondary N) is 1. The molecular weight excluding hydrogens is 420 g/mol. The summed E-state index contributed by atoms with van der Waals surface area (Å²) in [5.74, 6) is -1.19. The Morgan fingerprint density at radius 1 is 0.788 bits per heavy atom. The molecule has 0 unspecified atom stereocenters. The van der Waals surface area contributed by atoms with Crippen molar-refractivity contribution in [3.8, 4) is 33.4 Å². The van der Waals surface area contributed by atoms with E-state index in [9.17, 15) is 8.78 Å². The maximum Gasteiger partial charge on any atom is 0.133 e. The molecule has 0 fully saturated rings. The van der Waals surface area contributed by atoms with Crippen LogP contribution in [-0.4, -0.2) is 25.4 Å². The van der Waals surface area contributed by atoms with Gasteiger partial charge in [-0.3, -0.25) is 4.68 Å². The molecular formula is C26H23F2N5. The van der Waals surface area contributed by atoms with Crippen molar-refractivity contribution in [3.05, 3.63) is 85.0 Å². The van der Waals surface area contributed by atoms with Gasteiger partial charge in [0.15, 0.2) is 0 Å². The van der Waals surface area contributed by atoms with Crippen molar-refractivity contribution in [2.75, 3.05) is 5.32 Å². The number of aromatic nitrogens is 4. The molecule has 0 amide bonds. The zero-order valence-corrected chi connectivity index (χ0v) is 18.6. The number of fused-ring (bicyclic) bond motifs is 1. The molecule has 0 aliphatic carbocycles. The summed E-state index contributed by atoms with van der Waals surface area (Å²) in [5, 5.41) is 12.2. The normalized spacial score (nSPS) is 11.5. The van der Waals surface area contributed by atoms with Crippen LogP contribution in [0.2, 0.25) is 0 Å². The van der Waals surface area contributed by atoms with Crippen LogP contribution in [0.25, 0.3) is 38.9 Å². The standard InChI is InChI=1S/C26H23F2N5/c1-16(2)31-22-9-18(23-6-5-21(27)11-25(23)28)8-19(10-22)24-13-30-33-15-17(4-7-26(24)33)20-12-29-32(3)14-20/h4-16,31H,1-3H3. The Labute approximate surface area is 190 Å². The van der Waals surface area contributed by atoms with E-state index in [-0.39, 0.29) is 6.04 Å². The molecule has 5 rings (SSSR count). The molecule has 0 aliphatic heterocycles. The Balaban J connectivity index is 1.63. The fourth-order valence-corrected chi connectivity index (χ4v) is 4.03. The largest absolute Gasteiger partial charge is 0.383 e. The van der Waals surface area contributed by atoms with Crippen LogP contribution in [0.3, 0.4) is 0 Å². The minimum Gasteiger partial charge on any atom is -0.383 e. The molecule has 0 saturated carbocycles. The predicted molar refractivity (Wildman–Crippen MR) is 127 cm³/mol. The van der Waals surface area contributed by atoms with Crippen LogP contribution in [0.4, 0.5) is 14.5 Å². The summed E-state index contributed by atoms with van der Waals surface area (Å²) in [6.45, 7) is 4.08. The smallest absolute Gasteiger partial charge is 0.133 e. The van der Waals surface area contributed by atoms with Crippen molar-refractivity contribution in [1.82, 2.24) is 19.4 Å². The van der Waals surface area contributed by atoms with E-state index in [4.69, 9.17) is 0 Å². The van der Waals surface area contributed by atoms with Gasteiger partial charge in [0.1, 0.15) is 11.6 Å². The molecule has 2 aromatic carbocycles. The van der Waals surface area contributed by atoms with Crippen LogP contribution in [0, 0.1) is 11.6 Å². The van der Waals surface area contributed by atoms with E-state index in [1.54, 1.807) is 4.68 Å². The van der Waals surface area contributed by atoms with Gasteiger partial charge in [0.25, 0.3) is 0 Å². The minimum atomic E-state index is -0.597. The van der Waals surface area contributed by atoms with E-state index in [0.29, 0.717) is 11.1 Å². The zero-order valence-electron chi connectivity index (χ0n) is 18.6. The van der Waals surface area contributed by atoms with E-state index in [0.717, 1.165) is 39.5 Å². The first kappa shape index (κ1) is 20.9. The Hall–Kier alpha value is -4.00. The molecule has 0 aliphatic rings. The lowest BCUT2D eigenvalue weighted by atomic mass is 9.98. The van der Waals surface area contributed by atoms with Gasteiger partial charge in [-0.1, -0.05) is 6.07 Å². The van der Waals surface area contributed by atoms with Gasteiger partial charge in [0, 0.05) is 59.5 Å². The predicted octanol–water partition coefficient (Wildman–Crippen LogP) is 6.17. The molecule has 3 heterocycles. The van der Waals surface area contributed by atoms with Gasteiger partial charge in [-0.25, -0.2) is 13.3 Å². The van der Waals surface area contributed by atoms with E-state index in [2.05, 4.69) is 15.5 Å². The third-order valence-electron chi connectivity index (χ3n) is 5.50. The van der Waals surface area contributed by atoms with Gasteiger partial charge >= 0.3 is 0 Å². The molecule has 0 saturated heterocycles. The van der Waals surface area contributed by atoms with Crippen LogP contribution < -0.4 is 5.32 Å². The lowest BCUT2D eigenvalue weighted by Gasteiger charge is -2.14. The van der Waals surface area contributed by atoms with E-state index >= 15 is 0 Å². The Kier molecular flexibility index (Phi) is 5.17. The summed E-state index contributed by atoms with van der Waals surface area (Å²) in [6.07, 6.45) is 7.54. The highest BCUT2D eigenvalue weighted by atomic mass is 19.1. The molecule has 5 aromatic rings. The molecule has 166 valence electrons. The highest BCUT2D eigenvalue weighted by Crippen LogP contribution is 2.34. The first-order valence-electron chi connectivity index (χ1n) is 10.7. The highest BCUT2D eigenvalue weighted by molar-refractivity contribution is 5.86. The van der Waals surface area contributed by atoms with E-state index in [1.165, 1.54) is 12.1 Å². The number of nitrogens with zero attached hydrogens (tertiary/aromatic N) is 4. The maximum absolute atomic E-state index is 14.6. The molecule has 7 heteroatoms. The second kappa shape index (κ2) is 8.16. The average molecular weight is 444 g/mol. The highest BCUT2D eigenvalue weighted by Gasteiger charge is 2.14. The fourth-order valence-electron chi connectivity index (χ4n) is 4.03. The number of benzene rings is 2. The van der Waals surface area contributed by atoms with Gasteiger partial charge in [0.05, 0.1) is 17.9 Å². The summed E-state index contributed by atoms with van der Waals surface area (Å²) >= 11 is 0. The number of pyridine rings is 1. The molecule has 5 nitrogen and oxygen atoms in total. The summed E-state index contributed by atoms with van der Waals surface area (Å²) < 4.78 is 31.7. The quantitative estimate of drug-likeness (QED) is 0.354. The minimum absolute atomic E-state index is 0.192. The number of halogens is 2. The van der Waals surface area contributed by atoms with E-state index < -0.39 is 11.6 Å². The maximum atomic E-state index is 14.6. The summed E-state index contributed by atoms with van der Waals surface area (Å²) in [4.78, 5) is 0. The van der Waals surface area contributed by atoms with Crippen molar-refractivity contribution in [1.29, 1.82) is 0 Å². The second-order valence-corrected chi connectivity index (χ2v) is 8.43.